The molecule has 2 unspecified atom stereocenters. The van der Waals surface area contributed by atoms with E-state index in [0.29, 0.717) is 24.9 Å². The van der Waals surface area contributed by atoms with E-state index in [2.05, 4.69) is 5.32 Å². The lowest BCUT2D eigenvalue weighted by molar-refractivity contribution is 0.116. The van der Waals surface area contributed by atoms with Crippen molar-refractivity contribution in [2.24, 2.45) is 0 Å². The second kappa shape index (κ2) is 4.24. The Bertz CT molecular complexity index is 356. The number of hydrogen-bond acceptors (Lipinski definition) is 2. The van der Waals surface area contributed by atoms with Gasteiger partial charge in [-0.05, 0) is 37.1 Å². The third-order valence-corrected chi connectivity index (χ3v) is 2.72. The van der Waals surface area contributed by atoms with Gasteiger partial charge in [0.25, 0.3) is 0 Å². The molecule has 82 valence electrons. The van der Waals surface area contributed by atoms with Gasteiger partial charge >= 0.3 is 0 Å². The molecule has 1 aliphatic rings. The summed E-state index contributed by atoms with van der Waals surface area (Å²) < 4.78 is 25.7. The zero-order valence-electron chi connectivity index (χ0n) is 8.21. The van der Waals surface area contributed by atoms with Crippen LogP contribution in [0.2, 0.25) is 0 Å². The zero-order valence-corrected chi connectivity index (χ0v) is 8.21. The van der Waals surface area contributed by atoms with Crippen molar-refractivity contribution in [3.8, 4) is 0 Å². The van der Waals surface area contributed by atoms with Gasteiger partial charge in [-0.1, -0.05) is 6.07 Å². The minimum absolute atomic E-state index is 0.0798. The molecule has 0 amide bonds. The van der Waals surface area contributed by atoms with E-state index in [1.165, 1.54) is 6.07 Å². The van der Waals surface area contributed by atoms with Crippen LogP contribution < -0.4 is 5.32 Å². The van der Waals surface area contributed by atoms with Crippen LogP contribution in [0.1, 0.15) is 24.4 Å². The third-order valence-electron chi connectivity index (χ3n) is 2.72. The molecule has 2 nitrogen and oxygen atoms in total. The van der Waals surface area contributed by atoms with Crippen molar-refractivity contribution in [1.29, 1.82) is 0 Å². The monoisotopic (exact) mass is 213 g/mol. The summed E-state index contributed by atoms with van der Waals surface area (Å²) >= 11 is 0. The van der Waals surface area contributed by atoms with Crippen LogP contribution in [-0.4, -0.2) is 17.8 Å². The zero-order chi connectivity index (χ0) is 10.8. The van der Waals surface area contributed by atoms with Crippen LogP contribution in [0.3, 0.4) is 0 Å². The molecule has 2 N–H and O–H groups in total. The van der Waals surface area contributed by atoms with Crippen LogP contribution in [0.25, 0.3) is 0 Å². The van der Waals surface area contributed by atoms with Gasteiger partial charge in [-0.2, -0.15) is 0 Å². The van der Waals surface area contributed by atoms with E-state index in [-0.39, 0.29) is 12.1 Å². The number of halogens is 2. The number of aliphatic hydroxyl groups excluding tert-OH is 1. The van der Waals surface area contributed by atoms with Gasteiger partial charge in [0, 0.05) is 6.04 Å². The molecular formula is C11H13F2NO. The van der Waals surface area contributed by atoms with E-state index >= 15 is 0 Å². The highest BCUT2D eigenvalue weighted by atomic mass is 19.2. The Labute approximate surface area is 86.9 Å². The maximum atomic E-state index is 13.0. The molecule has 2 rings (SSSR count). The Morgan fingerprint density at radius 3 is 2.73 bits per heavy atom. The Balaban J connectivity index is 2.18. The number of benzene rings is 1. The van der Waals surface area contributed by atoms with Crippen molar-refractivity contribution in [1.82, 2.24) is 5.32 Å². The van der Waals surface area contributed by atoms with Crippen LogP contribution in [0.5, 0.6) is 0 Å². The van der Waals surface area contributed by atoms with Gasteiger partial charge < -0.3 is 10.4 Å². The van der Waals surface area contributed by atoms with Gasteiger partial charge in [-0.15, -0.1) is 0 Å². The Kier molecular flexibility index (Phi) is 2.98. The topological polar surface area (TPSA) is 32.3 Å². The number of piperidine rings is 1. The van der Waals surface area contributed by atoms with Gasteiger partial charge in [0.15, 0.2) is 11.6 Å². The molecule has 1 saturated heterocycles. The lowest BCUT2D eigenvalue weighted by atomic mass is 9.95. The molecule has 0 saturated carbocycles. The summed E-state index contributed by atoms with van der Waals surface area (Å²) in [6, 6.07) is 3.77. The van der Waals surface area contributed by atoms with Crippen LogP contribution in [0, 0.1) is 11.6 Å². The Hall–Kier alpha value is -1.00. The highest BCUT2D eigenvalue weighted by Crippen LogP contribution is 2.24. The van der Waals surface area contributed by atoms with Gasteiger partial charge in [-0.25, -0.2) is 8.78 Å². The van der Waals surface area contributed by atoms with E-state index in [4.69, 9.17) is 0 Å². The first kappa shape index (κ1) is 10.5. The normalized spacial score (nSPS) is 26.6. The summed E-state index contributed by atoms with van der Waals surface area (Å²) in [7, 11) is 0. The van der Waals surface area contributed by atoms with E-state index in [1.54, 1.807) is 6.07 Å². The summed E-state index contributed by atoms with van der Waals surface area (Å²) in [5, 5.41) is 12.6. The smallest absolute Gasteiger partial charge is 0.159 e. The summed E-state index contributed by atoms with van der Waals surface area (Å²) in [4.78, 5) is 0. The minimum Gasteiger partial charge on any atom is -0.393 e. The summed E-state index contributed by atoms with van der Waals surface area (Å²) in [5.74, 6) is -1.68. The van der Waals surface area contributed by atoms with E-state index in [1.807, 2.05) is 0 Å². The molecule has 4 heteroatoms. The molecule has 0 aromatic heterocycles. The second-order valence-corrected chi connectivity index (χ2v) is 3.86. The summed E-state index contributed by atoms with van der Waals surface area (Å²) in [5.41, 5.74) is 0.688. The molecule has 0 aliphatic carbocycles. The average molecular weight is 213 g/mol. The molecule has 15 heavy (non-hydrogen) atoms. The molecule has 0 spiro atoms. The van der Waals surface area contributed by atoms with Gasteiger partial charge in [-0.3, -0.25) is 0 Å². The number of nitrogens with one attached hydrogen (secondary N) is 1. The highest BCUT2D eigenvalue weighted by molar-refractivity contribution is 5.21. The van der Waals surface area contributed by atoms with E-state index < -0.39 is 11.6 Å². The lowest BCUT2D eigenvalue weighted by Crippen LogP contribution is -2.34. The van der Waals surface area contributed by atoms with E-state index in [0.717, 1.165) is 6.07 Å². The van der Waals surface area contributed by atoms with Crippen molar-refractivity contribution in [2.75, 3.05) is 6.54 Å². The fourth-order valence-corrected chi connectivity index (χ4v) is 1.88. The second-order valence-electron chi connectivity index (χ2n) is 3.86. The maximum absolute atomic E-state index is 13.0. The molecule has 1 heterocycles. The first-order valence-corrected chi connectivity index (χ1v) is 5.03. The quantitative estimate of drug-likeness (QED) is 0.745. The molecule has 1 fully saturated rings. The van der Waals surface area contributed by atoms with Crippen LogP contribution in [-0.2, 0) is 0 Å². The van der Waals surface area contributed by atoms with Crippen molar-refractivity contribution in [2.45, 2.75) is 25.0 Å². The summed E-state index contributed by atoms with van der Waals surface area (Å²) in [6.07, 6.45) is 0.898. The molecule has 0 bridgehead atoms. The van der Waals surface area contributed by atoms with Crippen molar-refractivity contribution >= 4 is 0 Å². The van der Waals surface area contributed by atoms with E-state index in [9.17, 15) is 13.9 Å². The van der Waals surface area contributed by atoms with Crippen molar-refractivity contribution in [3.63, 3.8) is 0 Å². The summed E-state index contributed by atoms with van der Waals surface area (Å²) in [6.45, 7) is 0.699. The minimum atomic E-state index is -0.839. The SMILES string of the molecule is OC1CCNC(c2ccc(F)c(F)c2)C1. The maximum Gasteiger partial charge on any atom is 0.159 e. The number of hydrogen-bond donors (Lipinski definition) is 2. The standard InChI is InChI=1S/C11H13F2NO/c12-9-2-1-7(5-10(9)13)11-6-8(15)3-4-14-11/h1-2,5,8,11,14-15H,3-4,6H2. The number of rotatable bonds is 1. The fourth-order valence-electron chi connectivity index (χ4n) is 1.88. The average Bonchev–Trinajstić information content (AvgIpc) is 2.22. The first-order valence-electron chi connectivity index (χ1n) is 5.03. The van der Waals surface area contributed by atoms with Crippen LogP contribution >= 0.6 is 0 Å². The lowest BCUT2D eigenvalue weighted by Gasteiger charge is -2.27. The molecular weight excluding hydrogens is 200 g/mol. The van der Waals surface area contributed by atoms with Crippen molar-refractivity contribution < 1.29 is 13.9 Å². The van der Waals surface area contributed by atoms with Crippen LogP contribution in [0.15, 0.2) is 18.2 Å². The molecule has 1 aromatic rings. The molecule has 1 aromatic carbocycles. The van der Waals surface area contributed by atoms with Crippen molar-refractivity contribution in [3.05, 3.63) is 35.4 Å². The predicted molar refractivity (Wildman–Crippen MR) is 52.3 cm³/mol. The highest BCUT2D eigenvalue weighted by Gasteiger charge is 2.21. The third kappa shape index (κ3) is 2.33. The molecule has 2 atom stereocenters. The van der Waals surface area contributed by atoms with Crippen LogP contribution in [0.4, 0.5) is 8.78 Å². The Morgan fingerprint density at radius 2 is 2.07 bits per heavy atom. The largest absolute Gasteiger partial charge is 0.393 e. The molecule has 1 aliphatic heterocycles. The van der Waals surface area contributed by atoms with Gasteiger partial charge in [0.2, 0.25) is 0 Å². The number of aliphatic hydroxyl groups is 1. The predicted octanol–water partition coefficient (Wildman–Crippen LogP) is 1.75. The fraction of sp³-hybridized carbons (Fsp3) is 0.455. The van der Waals surface area contributed by atoms with Gasteiger partial charge in [0.05, 0.1) is 6.10 Å². The molecule has 0 radical (unpaired) electrons. The Morgan fingerprint density at radius 1 is 1.27 bits per heavy atom. The van der Waals surface area contributed by atoms with Gasteiger partial charge in [0.1, 0.15) is 0 Å². The first-order chi connectivity index (χ1) is 7.16.